The van der Waals surface area contributed by atoms with E-state index in [2.05, 4.69) is 11.7 Å². The Kier molecular flexibility index (Phi) is 9.77. The largest absolute Gasteiger partial charge is 0.371 e. The van der Waals surface area contributed by atoms with Gasteiger partial charge in [-0.1, -0.05) is 26.2 Å². The van der Waals surface area contributed by atoms with Crippen molar-refractivity contribution in [2.24, 2.45) is 0 Å². The van der Waals surface area contributed by atoms with E-state index in [4.69, 9.17) is 9.84 Å². The van der Waals surface area contributed by atoms with Gasteiger partial charge in [0.15, 0.2) is 0 Å². The van der Waals surface area contributed by atoms with Gasteiger partial charge in [-0.05, 0) is 6.42 Å². The van der Waals surface area contributed by atoms with Crippen LogP contribution in [0.25, 0.3) is 0 Å². The van der Waals surface area contributed by atoms with Crippen molar-refractivity contribution in [3.05, 3.63) is 0 Å². The smallest absolute Gasteiger partial charge is 0.149 e. The van der Waals surface area contributed by atoms with Gasteiger partial charge in [-0.3, -0.25) is 0 Å². The topological polar surface area (TPSA) is 38.7 Å². The van der Waals surface area contributed by atoms with Gasteiger partial charge in [-0.2, -0.15) is 0 Å². The van der Waals surface area contributed by atoms with Gasteiger partial charge in [0.25, 0.3) is 0 Å². The van der Waals surface area contributed by atoms with Crippen LogP contribution >= 0.6 is 0 Å². The molecule has 3 nitrogen and oxygen atoms in total. The molecule has 68 valence electrons. The van der Waals surface area contributed by atoms with Crippen molar-refractivity contribution in [2.45, 2.75) is 32.6 Å². The van der Waals surface area contributed by atoms with Crippen molar-refractivity contribution in [2.75, 3.05) is 20.2 Å². The first-order valence-electron chi connectivity index (χ1n) is 4.18. The van der Waals surface area contributed by atoms with Crippen LogP contribution in [0.1, 0.15) is 32.6 Å². The van der Waals surface area contributed by atoms with Crippen molar-refractivity contribution >= 4 is 0 Å². The number of hydrogen-bond acceptors (Lipinski definition) is 3. The maximum atomic E-state index is 8.20. The summed E-state index contributed by atoms with van der Waals surface area (Å²) in [6, 6.07) is 0. The second kappa shape index (κ2) is 9.88. The van der Waals surface area contributed by atoms with Gasteiger partial charge in [-0.25, -0.2) is 0 Å². The number of aliphatic hydroxyl groups excluding tert-OH is 1. The van der Waals surface area contributed by atoms with Crippen LogP contribution in [0.3, 0.4) is 0 Å². The Balaban J connectivity index is 2.69. The van der Waals surface area contributed by atoms with Gasteiger partial charge in [0.05, 0.1) is 0 Å². The Labute approximate surface area is 68.3 Å². The lowest BCUT2D eigenvalue weighted by Crippen LogP contribution is -2.01. The van der Waals surface area contributed by atoms with Crippen molar-refractivity contribution < 1.29 is 14.6 Å². The molecule has 0 saturated carbocycles. The molecule has 0 bridgehead atoms. The van der Waals surface area contributed by atoms with E-state index in [1.54, 1.807) is 0 Å². The van der Waals surface area contributed by atoms with E-state index in [0.29, 0.717) is 0 Å². The minimum atomic E-state index is -0.255. The first-order valence-corrected chi connectivity index (χ1v) is 4.18. The molecule has 0 saturated heterocycles. The molecule has 0 rings (SSSR count). The predicted octanol–water partition coefficient (Wildman–Crippen LogP) is 1.51. The summed E-state index contributed by atoms with van der Waals surface area (Å²) in [4.78, 5) is 0. The lowest BCUT2D eigenvalue weighted by Gasteiger charge is -2.02. The Morgan fingerprint density at radius 2 is 1.91 bits per heavy atom. The predicted molar refractivity (Wildman–Crippen MR) is 43.1 cm³/mol. The highest BCUT2D eigenvalue weighted by molar-refractivity contribution is 4.37. The van der Waals surface area contributed by atoms with Crippen LogP contribution in [-0.4, -0.2) is 25.3 Å². The molecule has 0 aromatic carbocycles. The molecule has 0 spiro atoms. The number of unbranched alkanes of at least 4 members (excludes halogenated alkanes) is 3. The molecule has 0 amide bonds. The maximum absolute atomic E-state index is 8.20. The second-order valence-electron chi connectivity index (χ2n) is 2.42. The van der Waals surface area contributed by atoms with Crippen LogP contribution in [0.4, 0.5) is 0 Å². The van der Waals surface area contributed by atoms with Gasteiger partial charge in [-0.15, -0.1) is 0 Å². The zero-order valence-electron chi connectivity index (χ0n) is 7.21. The second-order valence-corrected chi connectivity index (χ2v) is 2.42. The lowest BCUT2D eigenvalue weighted by molar-refractivity contribution is -0.108. The zero-order valence-corrected chi connectivity index (χ0v) is 7.21. The normalized spacial score (nSPS) is 10.4. The van der Waals surface area contributed by atoms with Crippen LogP contribution in [0, 0.1) is 0 Å². The van der Waals surface area contributed by atoms with Gasteiger partial charge in [0.1, 0.15) is 13.6 Å². The van der Waals surface area contributed by atoms with Crippen LogP contribution in [0.5, 0.6) is 0 Å². The van der Waals surface area contributed by atoms with Crippen molar-refractivity contribution in [3.63, 3.8) is 0 Å². The molecule has 0 aromatic heterocycles. The fourth-order valence-electron chi connectivity index (χ4n) is 0.786. The van der Waals surface area contributed by atoms with E-state index in [9.17, 15) is 0 Å². The van der Waals surface area contributed by atoms with Gasteiger partial charge in [0, 0.05) is 6.61 Å². The summed E-state index contributed by atoms with van der Waals surface area (Å²) in [6.07, 6.45) is 4.82. The van der Waals surface area contributed by atoms with E-state index in [-0.39, 0.29) is 13.6 Å². The lowest BCUT2D eigenvalue weighted by atomic mass is 10.2. The molecular weight excluding hydrogens is 144 g/mol. The third-order valence-corrected chi connectivity index (χ3v) is 1.40. The molecule has 0 atom stereocenters. The summed E-state index contributed by atoms with van der Waals surface area (Å²) < 4.78 is 9.61. The SMILES string of the molecule is CCCCCCOCOCO. The summed E-state index contributed by atoms with van der Waals surface area (Å²) in [6.45, 7) is 2.87. The van der Waals surface area contributed by atoms with Crippen LogP contribution in [0.2, 0.25) is 0 Å². The Morgan fingerprint density at radius 3 is 2.55 bits per heavy atom. The summed E-state index contributed by atoms with van der Waals surface area (Å²) >= 11 is 0. The number of hydrogen-bond donors (Lipinski definition) is 1. The zero-order chi connectivity index (χ0) is 8.36. The molecule has 0 radical (unpaired) electrons. The average Bonchev–Trinajstić information content (AvgIpc) is 2.03. The highest BCUT2D eigenvalue weighted by Crippen LogP contribution is 1.98. The summed E-state index contributed by atoms with van der Waals surface area (Å²) in [5.41, 5.74) is 0. The van der Waals surface area contributed by atoms with Gasteiger partial charge in [0.2, 0.25) is 0 Å². The number of rotatable bonds is 8. The van der Waals surface area contributed by atoms with Crippen LogP contribution < -0.4 is 0 Å². The molecule has 0 aromatic rings. The van der Waals surface area contributed by atoms with Crippen LogP contribution in [-0.2, 0) is 9.47 Å². The summed E-state index contributed by atoms with van der Waals surface area (Å²) in [5.74, 6) is 0. The minimum Gasteiger partial charge on any atom is -0.371 e. The van der Waals surface area contributed by atoms with Crippen molar-refractivity contribution in [1.29, 1.82) is 0 Å². The molecule has 0 aliphatic heterocycles. The molecule has 1 N–H and O–H groups in total. The highest BCUT2D eigenvalue weighted by atomic mass is 16.7. The van der Waals surface area contributed by atoms with Gasteiger partial charge >= 0.3 is 0 Å². The Morgan fingerprint density at radius 1 is 1.09 bits per heavy atom. The Hall–Kier alpha value is -0.120. The molecule has 11 heavy (non-hydrogen) atoms. The van der Waals surface area contributed by atoms with Gasteiger partial charge < -0.3 is 14.6 Å². The monoisotopic (exact) mass is 162 g/mol. The van der Waals surface area contributed by atoms with E-state index in [1.807, 2.05) is 0 Å². The molecule has 0 aliphatic carbocycles. The highest BCUT2D eigenvalue weighted by Gasteiger charge is 1.88. The van der Waals surface area contributed by atoms with Crippen molar-refractivity contribution in [1.82, 2.24) is 0 Å². The Bertz CT molecular complexity index is 58.4. The fraction of sp³-hybridized carbons (Fsp3) is 1.00. The maximum Gasteiger partial charge on any atom is 0.149 e. The quantitative estimate of drug-likeness (QED) is 0.434. The molecule has 0 heterocycles. The summed E-state index contributed by atoms with van der Waals surface area (Å²) in [7, 11) is 0. The van der Waals surface area contributed by atoms with Crippen molar-refractivity contribution in [3.8, 4) is 0 Å². The molecule has 3 heteroatoms. The first-order chi connectivity index (χ1) is 5.41. The fourth-order valence-corrected chi connectivity index (χ4v) is 0.786. The third-order valence-electron chi connectivity index (χ3n) is 1.40. The van der Waals surface area contributed by atoms with E-state index in [1.165, 1.54) is 19.3 Å². The molecule has 0 aliphatic rings. The molecule has 0 unspecified atom stereocenters. The minimum absolute atomic E-state index is 0.211. The van der Waals surface area contributed by atoms with E-state index >= 15 is 0 Å². The number of ether oxygens (including phenoxy) is 2. The standard InChI is InChI=1S/C8H18O3/c1-2-3-4-5-6-10-8-11-7-9/h9H,2-8H2,1H3. The molecular formula is C8H18O3. The molecule has 0 fully saturated rings. The third kappa shape index (κ3) is 9.88. The average molecular weight is 162 g/mol. The first kappa shape index (κ1) is 10.9. The summed E-state index contributed by atoms with van der Waals surface area (Å²) in [5, 5.41) is 8.20. The van der Waals surface area contributed by atoms with Crippen LogP contribution in [0.15, 0.2) is 0 Å². The van der Waals surface area contributed by atoms with E-state index in [0.717, 1.165) is 13.0 Å². The number of aliphatic hydroxyl groups is 1. The van der Waals surface area contributed by atoms with E-state index < -0.39 is 0 Å².